The Balaban J connectivity index is 1.54. The molecule has 0 radical (unpaired) electrons. The number of nitrogens with zero attached hydrogens (tertiary/aromatic N) is 1. The molecule has 130 valence electrons. The Bertz CT molecular complexity index is 758. The van der Waals surface area contributed by atoms with E-state index in [2.05, 4.69) is 52.3 Å². The average molecular weight is 400 g/mol. The zero-order valence-electron chi connectivity index (χ0n) is 14.5. The van der Waals surface area contributed by atoms with Crippen LogP contribution in [0.4, 0.5) is 0 Å². The molecule has 3 rings (SSSR count). The van der Waals surface area contributed by atoms with E-state index in [4.69, 9.17) is 0 Å². The summed E-state index contributed by atoms with van der Waals surface area (Å²) in [6.07, 6.45) is 3.32. The first-order chi connectivity index (χ1) is 12.1. The molecule has 1 aliphatic heterocycles. The zero-order chi connectivity index (χ0) is 17.6. The van der Waals surface area contributed by atoms with Gasteiger partial charge in [0.1, 0.15) is 0 Å². The van der Waals surface area contributed by atoms with E-state index < -0.39 is 0 Å². The van der Waals surface area contributed by atoms with Crippen LogP contribution in [0, 0.1) is 0 Å². The SMILES string of the molecule is CN(Cc1ccccc1Br)C(=O)C[NH+]1CC=C(c2ccccc2)CC1. The first kappa shape index (κ1) is 17.9. The maximum Gasteiger partial charge on any atom is 0.277 e. The summed E-state index contributed by atoms with van der Waals surface area (Å²) in [4.78, 5) is 15.7. The first-order valence-corrected chi connectivity index (χ1v) is 9.48. The summed E-state index contributed by atoms with van der Waals surface area (Å²) in [6, 6.07) is 18.6. The second-order valence-electron chi connectivity index (χ2n) is 6.57. The van der Waals surface area contributed by atoms with E-state index in [0.717, 1.165) is 29.5 Å². The van der Waals surface area contributed by atoms with E-state index >= 15 is 0 Å². The van der Waals surface area contributed by atoms with Gasteiger partial charge in [-0.15, -0.1) is 0 Å². The highest BCUT2D eigenvalue weighted by atomic mass is 79.9. The van der Waals surface area contributed by atoms with E-state index in [-0.39, 0.29) is 5.91 Å². The second-order valence-corrected chi connectivity index (χ2v) is 7.42. The Hall–Kier alpha value is -1.91. The number of rotatable bonds is 5. The lowest BCUT2D eigenvalue weighted by Gasteiger charge is -2.25. The summed E-state index contributed by atoms with van der Waals surface area (Å²) in [7, 11) is 1.89. The lowest BCUT2D eigenvalue weighted by Crippen LogP contribution is -3.13. The minimum Gasteiger partial charge on any atom is -0.337 e. The zero-order valence-corrected chi connectivity index (χ0v) is 16.1. The van der Waals surface area contributed by atoms with Crippen molar-refractivity contribution in [3.63, 3.8) is 0 Å². The molecule has 3 nitrogen and oxygen atoms in total. The van der Waals surface area contributed by atoms with Crippen LogP contribution >= 0.6 is 15.9 Å². The molecule has 0 saturated heterocycles. The maximum atomic E-state index is 12.5. The smallest absolute Gasteiger partial charge is 0.277 e. The van der Waals surface area contributed by atoms with Gasteiger partial charge in [-0.05, 0) is 28.8 Å². The van der Waals surface area contributed by atoms with Crippen molar-refractivity contribution < 1.29 is 9.69 Å². The third-order valence-corrected chi connectivity index (χ3v) is 5.50. The predicted octanol–water partition coefficient (Wildman–Crippen LogP) is 2.78. The summed E-state index contributed by atoms with van der Waals surface area (Å²) in [6.45, 7) is 3.12. The van der Waals surface area contributed by atoms with E-state index in [1.165, 1.54) is 16.0 Å². The summed E-state index contributed by atoms with van der Waals surface area (Å²) in [5.41, 5.74) is 3.84. The molecule has 0 bridgehead atoms. The third kappa shape index (κ3) is 4.80. The lowest BCUT2D eigenvalue weighted by atomic mass is 9.99. The number of halogens is 1. The Kier molecular flexibility index (Phi) is 6.05. The normalized spacial score (nSPS) is 17.0. The monoisotopic (exact) mass is 399 g/mol. The van der Waals surface area contributed by atoms with Crippen LogP contribution in [-0.4, -0.2) is 37.5 Å². The molecule has 0 spiro atoms. The minimum atomic E-state index is 0.197. The number of carbonyl (C=O) groups is 1. The second kappa shape index (κ2) is 8.45. The van der Waals surface area contributed by atoms with Crippen LogP contribution in [0.25, 0.3) is 5.57 Å². The Morgan fingerprint density at radius 3 is 2.52 bits per heavy atom. The van der Waals surface area contributed by atoms with Gasteiger partial charge in [-0.3, -0.25) is 4.79 Å². The van der Waals surface area contributed by atoms with Crippen LogP contribution < -0.4 is 4.90 Å². The Morgan fingerprint density at radius 1 is 1.12 bits per heavy atom. The molecule has 0 aromatic heterocycles. The van der Waals surface area contributed by atoms with Crippen molar-refractivity contribution in [2.75, 3.05) is 26.7 Å². The number of benzene rings is 2. The highest BCUT2D eigenvalue weighted by molar-refractivity contribution is 9.10. The van der Waals surface area contributed by atoms with Crippen molar-refractivity contribution in [3.05, 3.63) is 76.3 Å². The van der Waals surface area contributed by atoms with Crippen LogP contribution in [-0.2, 0) is 11.3 Å². The molecule has 0 saturated carbocycles. The van der Waals surface area contributed by atoms with Crippen LogP contribution in [0.3, 0.4) is 0 Å². The molecule has 2 aromatic carbocycles. The highest BCUT2D eigenvalue weighted by Gasteiger charge is 2.21. The minimum absolute atomic E-state index is 0.197. The lowest BCUT2D eigenvalue weighted by molar-refractivity contribution is -0.887. The first-order valence-electron chi connectivity index (χ1n) is 8.69. The fraction of sp³-hybridized carbons (Fsp3) is 0.286. The van der Waals surface area contributed by atoms with Crippen LogP contribution in [0.5, 0.6) is 0 Å². The molecule has 2 aromatic rings. The van der Waals surface area contributed by atoms with Gasteiger partial charge in [0, 0.05) is 24.5 Å². The number of carbonyl (C=O) groups excluding carboxylic acids is 1. The maximum absolute atomic E-state index is 12.5. The molecule has 1 heterocycles. The Morgan fingerprint density at radius 2 is 1.84 bits per heavy atom. The van der Waals surface area contributed by atoms with Gasteiger partial charge in [0.15, 0.2) is 6.54 Å². The third-order valence-electron chi connectivity index (χ3n) is 4.72. The predicted molar refractivity (Wildman–Crippen MR) is 105 cm³/mol. The van der Waals surface area contributed by atoms with Gasteiger partial charge in [-0.25, -0.2) is 0 Å². The summed E-state index contributed by atoms with van der Waals surface area (Å²) in [5.74, 6) is 0.197. The molecule has 0 aliphatic carbocycles. The van der Waals surface area contributed by atoms with E-state index in [1.54, 1.807) is 0 Å². The van der Waals surface area contributed by atoms with Crippen molar-refractivity contribution in [2.45, 2.75) is 13.0 Å². The molecule has 1 amide bonds. The topological polar surface area (TPSA) is 24.8 Å². The molecular weight excluding hydrogens is 376 g/mol. The van der Waals surface area contributed by atoms with Gasteiger partial charge in [-0.2, -0.15) is 0 Å². The molecule has 1 atom stereocenters. The van der Waals surface area contributed by atoms with Gasteiger partial charge in [0.05, 0.1) is 13.1 Å². The number of nitrogens with one attached hydrogen (secondary N) is 1. The summed E-state index contributed by atoms with van der Waals surface area (Å²) in [5, 5.41) is 0. The van der Waals surface area contributed by atoms with Crippen LogP contribution in [0.1, 0.15) is 17.5 Å². The molecule has 0 fully saturated rings. The number of hydrogen-bond donors (Lipinski definition) is 1. The standard InChI is InChI=1S/C21H23BrN2O/c1-23(15-19-9-5-6-10-20(19)22)21(25)16-24-13-11-18(12-14-24)17-7-3-2-4-8-17/h2-11H,12-16H2,1H3/p+1. The number of quaternary nitrogens is 1. The van der Waals surface area contributed by atoms with Crippen molar-refractivity contribution in [1.82, 2.24) is 4.90 Å². The average Bonchev–Trinajstić information content (AvgIpc) is 2.65. The highest BCUT2D eigenvalue weighted by Crippen LogP contribution is 2.18. The van der Waals surface area contributed by atoms with Crippen LogP contribution in [0.15, 0.2) is 65.1 Å². The Labute approximate surface area is 158 Å². The fourth-order valence-electron chi connectivity index (χ4n) is 3.18. The van der Waals surface area contributed by atoms with E-state index in [0.29, 0.717) is 13.1 Å². The largest absolute Gasteiger partial charge is 0.337 e. The molecule has 4 heteroatoms. The molecular formula is C21H24BrN2O+. The number of likely N-dealkylation sites (N-methyl/N-ethyl adjacent to an activating group) is 1. The van der Waals surface area contributed by atoms with Gasteiger partial charge >= 0.3 is 0 Å². The van der Waals surface area contributed by atoms with Crippen molar-refractivity contribution in [2.24, 2.45) is 0 Å². The molecule has 25 heavy (non-hydrogen) atoms. The van der Waals surface area contributed by atoms with E-state index in [9.17, 15) is 4.79 Å². The van der Waals surface area contributed by atoms with Crippen molar-refractivity contribution >= 4 is 27.4 Å². The molecule has 1 unspecified atom stereocenters. The van der Waals surface area contributed by atoms with Gasteiger partial charge in [0.2, 0.25) is 0 Å². The van der Waals surface area contributed by atoms with Crippen molar-refractivity contribution in [3.8, 4) is 0 Å². The fourth-order valence-corrected chi connectivity index (χ4v) is 3.59. The number of hydrogen-bond acceptors (Lipinski definition) is 1. The van der Waals surface area contributed by atoms with Gasteiger partial charge in [-0.1, -0.05) is 64.5 Å². The quantitative estimate of drug-likeness (QED) is 0.821. The number of amides is 1. The van der Waals surface area contributed by atoms with Crippen molar-refractivity contribution in [1.29, 1.82) is 0 Å². The van der Waals surface area contributed by atoms with Crippen LogP contribution in [0.2, 0.25) is 0 Å². The molecule has 1 aliphatic rings. The van der Waals surface area contributed by atoms with E-state index in [1.807, 2.05) is 36.2 Å². The molecule has 1 N–H and O–H groups in total. The summed E-state index contributed by atoms with van der Waals surface area (Å²) >= 11 is 3.55. The summed E-state index contributed by atoms with van der Waals surface area (Å²) < 4.78 is 1.05. The van der Waals surface area contributed by atoms with Gasteiger partial charge in [0.25, 0.3) is 5.91 Å². The van der Waals surface area contributed by atoms with Gasteiger partial charge < -0.3 is 9.80 Å².